The number of aromatic nitrogens is 3. The molecule has 30 heavy (non-hydrogen) atoms. The van der Waals surface area contributed by atoms with E-state index in [1.165, 1.54) is 23.7 Å². The van der Waals surface area contributed by atoms with Crippen LogP contribution in [0.25, 0.3) is 11.0 Å². The van der Waals surface area contributed by atoms with Gasteiger partial charge in [0.25, 0.3) is 5.91 Å². The smallest absolute Gasteiger partial charge is 0.341 e. The zero-order chi connectivity index (χ0) is 21.5. The van der Waals surface area contributed by atoms with Gasteiger partial charge in [-0.05, 0) is 25.5 Å². The first-order chi connectivity index (χ1) is 14.5. The summed E-state index contributed by atoms with van der Waals surface area (Å²) < 4.78 is 10.3. The molecule has 3 aromatic rings. The number of ether oxygens (including phenoxy) is 2. The van der Waals surface area contributed by atoms with Crippen molar-refractivity contribution in [3.05, 3.63) is 47.2 Å². The number of amides is 1. The molecule has 2 heterocycles. The summed E-state index contributed by atoms with van der Waals surface area (Å²) in [5, 5.41) is 4.59. The van der Waals surface area contributed by atoms with Crippen LogP contribution in [-0.2, 0) is 25.5 Å². The lowest BCUT2D eigenvalue weighted by Crippen LogP contribution is -2.32. The van der Waals surface area contributed by atoms with Gasteiger partial charge in [0.2, 0.25) is 0 Å². The van der Waals surface area contributed by atoms with E-state index in [-0.39, 0.29) is 24.4 Å². The van der Waals surface area contributed by atoms with Crippen LogP contribution in [0.1, 0.15) is 36.3 Å². The third-order valence-electron chi connectivity index (χ3n) is 4.04. The number of fused-ring (bicyclic) bond motifs is 1. The van der Waals surface area contributed by atoms with E-state index in [4.69, 9.17) is 9.47 Å². The normalized spacial score (nSPS) is 11.7. The number of carbonyl (C=O) groups is 3. The lowest BCUT2D eigenvalue weighted by molar-refractivity contribution is -0.142. The number of thiazole rings is 1. The minimum Gasteiger partial charge on any atom is -0.466 e. The summed E-state index contributed by atoms with van der Waals surface area (Å²) in [4.78, 5) is 49.3. The van der Waals surface area contributed by atoms with Gasteiger partial charge in [0.15, 0.2) is 11.2 Å². The highest BCUT2D eigenvalue weighted by molar-refractivity contribution is 7.13. The Morgan fingerprint density at radius 1 is 1.17 bits per heavy atom. The minimum absolute atomic E-state index is 0.0223. The van der Waals surface area contributed by atoms with Gasteiger partial charge < -0.3 is 9.47 Å². The van der Waals surface area contributed by atoms with E-state index in [2.05, 4.69) is 20.3 Å². The SMILES string of the molecule is CCOC(=O)Cc1csc(NC(=O)C(CC)OC(=O)c2cccc3nccnc23)n1. The number of nitrogens with zero attached hydrogens (tertiary/aromatic N) is 3. The van der Waals surface area contributed by atoms with E-state index in [0.717, 1.165) is 0 Å². The molecule has 1 amide bonds. The van der Waals surface area contributed by atoms with Gasteiger partial charge in [-0.2, -0.15) is 0 Å². The van der Waals surface area contributed by atoms with Crippen LogP contribution in [0.5, 0.6) is 0 Å². The standard InChI is InChI=1S/C20H20N4O5S/c1-3-15(18(26)24-20-23-12(11-30-20)10-16(25)28-4-2)29-19(27)13-6-5-7-14-17(13)22-9-8-21-14/h5-9,11,15H,3-4,10H2,1-2H3,(H,23,24,26). The molecule has 0 aliphatic heterocycles. The molecule has 9 nitrogen and oxygen atoms in total. The summed E-state index contributed by atoms with van der Waals surface area (Å²) in [6, 6.07) is 4.99. The first-order valence-corrected chi connectivity index (χ1v) is 10.2. The number of nitrogens with one attached hydrogen (secondary N) is 1. The maximum Gasteiger partial charge on any atom is 0.341 e. The van der Waals surface area contributed by atoms with Crippen LogP contribution in [-0.4, -0.2) is 45.5 Å². The molecule has 10 heteroatoms. The number of anilines is 1. The molecule has 1 aromatic carbocycles. The highest BCUT2D eigenvalue weighted by atomic mass is 32.1. The second kappa shape index (κ2) is 9.88. The molecule has 0 spiro atoms. The lowest BCUT2D eigenvalue weighted by atomic mass is 10.1. The molecular formula is C20H20N4O5S. The van der Waals surface area contributed by atoms with Crippen molar-refractivity contribution < 1.29 is 23.9 Å². The molecule has 0 aliphatic carbocycles. The van der Waals surface area contributed by atoms with Crippen molar-refractivity contribution in [3.63, 3.8) is 0 Å². The molecule has 2 aromatic heterocycles. The van der Waals surface area contributed by atoms with Gasteiger partial charge in [-0.25, -0.2) is 9.78 Å². The van der Waals surface area contributed by atoms with Crippen LogP contribution in [0.15, 0.2) is 36.0 Å². The molecule has 156 valence electrons. The molecule has 0 radical (unpaired) electrons. The van der Waals surface area contributed by atoms with Crippen LogP contribution < -0.4 is 5.32 Å². The number of para-hydroxylation sites is 1. The van der Waals surface area contributed by atoms with Gasteiger partial charge in [0, 0.05) is 17.8 Å². The third-order valence-corrected chi connectivity index (χ3v) is 4.85. The first kappa shape index (κ1) is 21.3. The van der Waals surface area contributed by atoms with E-state index in [1.54, 1.807) is 37.4 Å². The summed E-state index contributed by atoms with van der Waals surface area (Å²) in [6.45, 7) is 3.74. The van der Waals surface area contributed by atoms with Crippen LogP contribution in [0.4, 0.5) is 5.13 Å². The number of benzene rings is 1. The molecule has 0 fully saturated rings. The molecule has 1 N–H and O–H groups in total. The summed E-state index contributed by atoms with van der Waals surface area (Å²) in [5.41, 5.74) is 1.69. The molecule has 1 unspecified atom stereocenters. The molecule has 0 aliphatic rings. The van der Waals surface area contributed by atoms with E-state index in [1.807, 2.05) is 0 Å². The second-order valence-electron chi connectivity index (χ2n) is 6.15. The quantitative estimate of drug-likeness (QED) is 0.544. The Morgan fingerprint density at radius 2 is 1.97 bits per heavy atom. The van der Waals surface area contributed by atoms with Crippen molar-refractivity contribution in [2.45, 2.75) is 32.8 Å². The fraction of sp³-hybridized carbons (Fsp3) is 0.300. The predicted molar refractivity (Wildman–Crippen MR) is 110 cm³/mol. The first-order valence-electron chi connectivity index (χ1n) is 9.33. The Hall–Kier alpha value is -3.40. The summed E-state index contributed by atoms with van der Waals surface area (Å²) in [5.74, 6) is -1.56. The largest absolute Gasteiger partial charge is 0.466 e. The van der Waals surface area contributed by atoms with Gasteiger partial charge in [0.1, 0.15) is 5.52 Å². The van der Waals surface area contributed by atoms with Crippen molar-refractivity contribution in [2.24, 2.45) is 0 Å². The fourth-order valence-corrected chi connectivity index (χ4v) is 3.38. The van der Waals surface area contributed by atoms with Gasteiger partial charge in [-0.1, -0.05) is 13.0 Å². The van der Waals surface area contributed by atoms with Crippen LogP contribution >= 0.6 is 11.3 Å². The topological polar surface area (TPSA) is 120 Å². The van der Waals surface area contributed by atoms with Crippen LogP contribution in [0.3, 0.4) is 0 Å². The fourth-order valence-electron chi connectivity index (χ4n) is 2.66. The Balaban J connectivity index is 1.66. The number of esters is 2. The predicted octanol–water partition coefficient (Wildman–Crippen LogP) is 2.77. The number of rotatable bonds is 8. The zero-order valence-corrected chi connectivity index (χ0v) is 17.3. The molecule has 1 atom stereocenters. The van der Waals surface area contributed by atoms with Crippen molar-refractivity contribution in [2.75, 3.05) is 11.9 Å². The lowest BCUT2D eigenvalue weighted by Gasteiger charge is -2.15. The molecule has 0 saturated heterocycles. The monoisotopic (exact) mass is 428 g/mol. The Kier molecular flexibility index (Phi) is 7.02. The van der Waals surface area contributed by atoms with Gasteiger partial charge >= 0.3 is 11.9 Å². The second-order valence-corrected chi connectivity index (χ2v) is 7.00. The van der Waals surface area contributed by atoms with Gasteiger partial charge in [-0.15, -0.1) is 11.3 Å². The van der Waals surface area contributed by atoms with E-state index >= 15 is 0 Å². The van der Waals surface area contributed by atoms with Crippen molar-refractivity contribution >= 4 is 45.3 Å². The number of hydrogen-bond donors (Lipinski definition) is 1. The third kappa shape index (κ3) is 5.15. The van der Waals surface area contributed by atoms with Gasteiger partial charge in [-0.3, -0.25) is 24.9 Å². The Morgan fingerprint density at radius 3 is 2.73 bits per heavy atom. The number of carbonyl (C=O) groups excluding carboxylic acids is 3. The van der Waals surface area contributed by atoms with E-state index < -0.39 is 18.0 Å². The molecular weight excluding hydrogens is 408 g/mol. The van der Waals surface area contributed by atoms with Crippen molar-refractivity contribution in [1.82, 2.24) is 15.0 Å². The van der Waals surface area contributed by atoms with Crippen LogP contribution in [0, 0.1) is 0 Å². The van der Waals surface area contributed by atoms with Crippen molar-refractivity contribution in [1.29, 1.82) is 0 Å². The maximum atomic E-state index is 12.6. The Labute approximate surface area is 176 Å². The van der Waals surface area contributed by atoms with E-state index in [9.17, 15) is 14.4 Å². The van der Waals surface area contributed by atoms with Crippen molar-refractivity contribution in [3.8, 4) is 0 Å². The maximum absolute atomic E-state index is 12.6. The number of hydrogen-bond acceptors (Lipinski definition) is 9. The van der Waals surface area contributed by atoms with E-state index in [0.29, 0.717) is 28.5 Å². The zero-order valence-electron chi connectivity index (χ0n) is 16.5. The molecule has 3 rings (SSSR count). The van der Waals surface area contributed by atoms with Crippen LogP contribution in [0.2, 0.25) is 0 Å². The average Bonchev–Trinajstić information content (AvgIpc) is 3.17. The molecule has 0 bridgehead atoms. The summed E-state index contributed by atoms with van der Waals surface area (Å²) in [7, 11) is 0. The van der Waals surface area contributed by atoms with Gasteiger partial charge in [0.05, 0.1) is 29.8 Å². The highest BCUT2D eigenvalue weighted by Gasteiger charge is 2.24. The average molecular weight is 428 g/mol. The minimum atomic E-state index is -1.01. The summed E-state index contributed by atoms with van der Waals surface area (Å²) in [6.07, 6.45) is 2.30. The summed E-state index contributed by atoms with van der Waals surface area (Å²) >= 11 is 1.17. The molecule has 0 saturated carbocycles. The highest BCUT2D eigenvalue weighted by Crippen LogP contribution is 2.19. The Bertz CT molecular complexity index is 1060.